The minimum absolute atomic E-state index is 0.133. The molecule has 0 saturated heterocycles. The molecular weight excluding hydrogens is 444 g/mol. The van der Waals surface area contributed by atoms with E-state index in [1.165, 1.54) is 89.9 Å². The molecule has 10 aliphatic carbocycles. The molecule has 0 aromatic carbocycles. The molecule has 198 valence electrons. The molecule has 0 spiro atoms. The van der Waals surface area contributed by atoms with E-state index in [9.17, 15) is 9.59 Å². The lowest BCUT2D eigenvalue weighted by Gasteiger charge is -2.57. The Morgan fingerprint density at radius 1 is 0.528 bits per heavy atom. The van der Waals surface area contributed by atoms with Gasteiger partial charge in [0.1, 0.15) is 0 Å². The van der Waals surface area contributed by atoms with Gasteiger partial charge in [-0.3, -0.25) is 9.59 Å². The number of hydrogen-bond donors (Lipinski definition) is 2. The molecule has 0 aliphatic heterocycles. The predicted molar refractivity (Wildman–Crippen MR) is 140 cm³/mol. The number of fused-ring (bicyclic) bond motifs is 1. The van der Waals surface area contributed by atoms with Crippen LogP contribution in [0.25, 0.3) is 0 Å². The van der Waals surface area contributed by atoms with E-state index in [4.69, 9.17) is 0 Å². The zero-order valence-corrected chi connectivity index (χ0v) is 22.3. The molecule has 2 amide bonds. The molecule has 36 heavy (non-hydrogen) atoms. The summed E-state index contributed by atoms with van der Waals surface area (Å²) in [6.45, 7) is 0. The fraction of sp³-hybridized carbons (Fsp3) is 0.938. The summed E-state index contributed by atoms with van der Waals surface area (Å²) in [4.78, 5) is 27.4. The van der Waals surface area contributed by atoms with Gasteiger partial charge in [-0.2, -0.15) is 0 Å². The maximum Gasteiger partial charge on any atom is 0.223 e. The molecule has 10 saturated carbocycles. The standard InChI is InChI=1S/C32H48N2O2/c35-29(33-31-13-19-6-20(14-31)8-21(7-19)15-31)26-4-5-27-25(12-26)2-1-3-28(27)30(36)34-32-16-22-9-23(17-32)11-24(10-22)18-32/h19-28H,1-18H2,(H,33,35)(H,34,36). The quantitative estimate of drug-likeness (QED) is 0.506. The summed E-state index contributed by atoms with van der Waals surface area (Å²) in [7, 11) is 0. The summed E-state index contributed by atoms with van der Waals surface area (Å²) in [5.41, 5.74) is 0.267. The van der Waals surface area contributed by atoms with Crippen LogP contribution in [-0.4, -0.2) is 22.9 Å². The molecule has 10 rings (SSSR count). The van der Waals surface area contributed by atoms with Crippen molar-refractivity contribution in [3.8, 4) is 0 Å². The second kappa shape index (κ2) is 8.22. The molecule has 4 unspecified atom stereocenters. The lowest BCUT2D eigenvalue weighted by Crippen LogP contribution is -2.61. The average molecular weight is 493 g/mol. The molecular formula is C32H48N2O2. The van der Waals surface area contributed by atoms with Crippen LogP contribution in [0.2, 0.25) is 0 Å². The van der Waals surface area contributed by atoms with E-state index in [1.807, 2.05) is 0 Å². The maximum absolute atomic E-state index is 13.8. The minimum atomic E-state index is 0.133. The largest absolute Gasteiger partial charge is 0.350 e. The molecule has 0 heterocycles. The summed E-state index contributed by atoms with van der Waals surface area (Å²) in [6.07, 6.45) is 22.6. The van der Waals surface area contributed by atoms with Gasteiger partial charge in [-0.05, 0) is 150 Å². The maximum atomic E-state index is 13.8. The smallest absolute Gasteiger partial charge is 0.223 e. The number of nitrogens with one attached hydrogen (secondary N) is 2. The Kier molecular flexibility index (Phi) is 5.22. The highest BCUT2D eigenvalue weighted by molar-refractivity contribution is 5.81. The van der Waals surface area contributed by atoms with Crippen molar-refractivity contribution in [1.82, 2.24) is 10.6 Å². The summed E-state index contributed by atoms with van der Waals surface area (Å²) in [5, 5.41) is 7.42. The van der Waals surface area contributed by atoms with Crippen LogP contribution in [0.3, 0.4) is 0 Å². The second-order valence-corrected chi connectivity index (χ2v) is 15.8. The molecule has 4 nitrogen and oxygen atoms in total. The Labute approximate surface area is 217 Å². The van der Waals surface area contributed by atoms with E-state index in [1.54, 1.807) is 0 Å². The van der Waals surface area contributed by atoms with Gasteiger partial charge in [0.2, 0.25) is 11.8 Å². The molecule has 8 bridgehead atoms. The summed E-state index contributed by atoms with van der Waals surface area (Å²) >= 11 is 0. The van der Waals surface area contributed by atoms with Gasteiger partial charge in [0, 0.05) is 22.9 Å². The molecule has 10 aliphatic rings. The van der Waals surface area contributed by atoms with E-state index in [0.29, 0.717) is 23.7 Å². The number of carbonyl (C=O) groups excluding carboxylic acids is 2. The lowest BCUT2D eigenvalue weighted by atomic mass is 9.52. The molecule has 4 atom stereocenters. The van der Waals surface area contributed by atoms with E-state index in [0.717, 1.165) is 61.2 Å². The summed E-state index contributed by atoms with van der Waals surface area (Å²) < 4.78 is 0. The van der Waals surface area contributed by atoms with Crippen LogP contribution in [-0.2, 0) is 9.59 Å². The van der Waals surface area contributed by atoms with E-state index in [2.05, 4.69) is 10.6 Å². The van der Waals surface area contributed by atoms with Gasteiger partial charge in [0.25, 0.3) is 0 Å². The third kappa shape index (κ3) is 3.81. The predicted octanol–water partition coefficient (Wildman–Crippen LogP) is 5.99. The molecule has 0 aromatic heterocycles. The SMILES string of the molecule is O=C(NC12CC3CC(CC(C3)C1)C2)C1CCC2C(CCCC2C(=O)NC23CC4CC(CC(C4)C2)C3)C1. The summed E-state index contributed by atoms with van der Waals surface area (Å²) in [6, 6.07) is 0. The number of amides is 2. The number of hydrogen-bond acceptors (Lipinski definition) is 2. The summed E-state index contributed by atoms with van der Waals surface area (Å²) in [5.74, 6) is 7.47. The highest BCUT2D eigenvalue weighted by Gasteiger charge is 2.54. The van der Waals surface area contributed by atoms with Crippen molar-refractivity contribution in [3.63, 3.8) is 0 Å². The lowest BCUT2D eigenvalue weighted by molar-refractivity contribution is -0.137. The van der Waals surface area contributed by atoms with Crippen LogP contribution in [0.15, 0.2) is 0 Å². The molecule has 2 N–H and O–H groups in total. The highest BCUT2D eigenvalue weighted by Crippen LogP contribution is 2.57. The molecule has 4 heteroatoms. The van der Waals surface area contributed by atoms with Crippen molar-refractivity contribution >= 4 is 11.8 Å². The fourth-order valence-electron chi connectivity index (χ4n) is 12.8. The zero-order valence-electron chi connectivity index (χ0n) is 22.3. The number of rotatable bonds is 4. The van der Waals surface area contributed by atoms with Gasteiger partial charge in [-0.1, -0.05) is 12.8 Å². The molecule has 10 fully saturated rings. The van der Waals surface area contributed by atoms with Gasteiger partial charge in [-0.25, -0.2) is 0 Å². The van der Waals surface area contributed by atoms with Crippen molar-refractivity contribution in [2.24, 2.45) is 59.2 Å². The number of carbonyl (C=O) groups is 2. The first-order valence-corrected chi connectivity index (χ1v) is 16.1. The Morgan fingerprint density at radius 3 is 1.50 bits per heavy atom. The Bertz CT molecular complexity index is 855. The minimum Gasteiger partial charge on any atom is -0.350 e. The van der Waals surface area contributed by atoms with Crippen molar-refractivity contribution < 1.29 is 9.59 Å². The third-order valence-electron chi connectivity index (χ3n) is 13.2. The van der Waals surface area contributed by atoms with Gasteiger partial charge in [-0.15, -0.1) is 0 Å². The van der Waals surface area contributed by atoms with Crippen molar-refractivity contribution in [1.29, 1.82) is 0 Å². The monoisotopic (exact) mass is 492 g/mol. The van der Waals surface area contributed by atoms with E-state index >= 15 is 0 Å². The Morgan fingerprint density at radius 2 is 1.00 bits per heavy atom. The first kappa shape index (κ1) is 22.9. The Hall–Kier alpha value is -1.06. The van der Waals surface area contributed by atoms with Crippen LogP contribution in [0.4, 0.5) is 0 Å². The zero-order chi connectivity index (χ0) is 24.1. The van der Waals surface area contributed by atoms with E-state index < -0.39 is 0 Å². The first-order chi connectivity index (χ1) is 17.4. The van der Waals surface area contributed by atoms with Gasteiger partial charge in [0.15, 0.2) is 0 Å². The van der Waals surface area contributed by atoms with Crippen LogP contribution >= 0.6 is 0 Å². The van der Waals surface area contributed by atoms with Gasteiger partial charge >= 0.3 is 0 Å². The topological polar surface area (TPSA) is 58.2 Å². The third-order valence-corrected chi connectivity index (χ3v) is 13.2. The molecule has 0 radical (unpaired) electrons. The van der Waals surface area contributed by atoms with Crippen molar-refractivity contribution in [2.75, 3.05) is 0 Å². The fourth-order valence-corrected chi connectivity index (χ4v) is 12.8. The van der Waals surface area contributed by atoms with Crippen LogP contribution in [0, 0.1) is 59.2 Å². The van der Waals surface area contributed by atoms with Crippen LogP contribution in [0.1, 0.15) is 116 Å². The van der Waals surface area contributed by atoms with Crippen LogP contribution in [0.5, 0.6) is 0 Å². The second-order valence-electron chi connectivity index (χ2n) is 15.8. The highest BCUT2D eigenvalue weighted by atomic mass is 16.2. The first-order valence-electron chi connectivity index (χ1n) is 16.1. The van der Waals surface area contributed by atoms with Gasteiger partial charge in [0.05, 0.1) is 0 Å². The van der Waals surface area contributed by atoms with Crippen molar-refractivity contribution in [2.45, 2.75) is 127 Å². The van der Waals surface area contributed by atoms with Crippen molar-refractivity contribution in [3.05, 3.63) is 0 Å². The normalized spacial score (nSPS) is 54.2. The molecule has 0 aromatic rings. The van der Waals surface area contributed by atoms with E-state index in [-0.39, 0.29) is 22.9 Å². The van der Waals surface area contributed by atoms with Gasteiger partial charge < -0.3 is 10.6 Å². The van der Waals surface area contributed by atoms with Crippen LogP contribution < -0.4 is 10.6 Å². The Balaban J connectivity index is 0.912. The average Bonchev–Trinajstić information content (AvgIpc) is 2.81.